The summed E-state index contributed by atoms with van der Waals surface area (Å²) < 4.78 is 0. The van der Waals surface area contributed by atoms with Gasteiger partial charge in [0.2, 0.25) is 17.8 Å². The molecule has 0 unspecified atom stereocenters. The third-order valence-electron chi connectivity index (χ3n) is 5.62. The minimum absolute atomic E-state index is 0.489. The highest BCUT2D eigenvalue weighted by atomic mass is 15.4. The van der Waals surface area contributed by atoms with Crippen LogP contribution in [0.5, 0.6) is 0 Å². The lowest BCUT2D eigenvalue weighted by molar-refractivity contribution is 0.568. The molecule has 5 rings (SSSR count). The SMILES string of the molecule is Nc1cccc(Nc2nc(N3CCCCC3)nc(N(c3ccccc3)c3ccccc3)n2)c1. The lowest BCUT2D eigenvalue weighted by Gasteiger charge is -2.29. The molecule has 3 aromatic carbocycles. The van der Waals surface area contributed by atoms with Crippen LogP contribution in [0.3, 0.4) is 0 Å². The van der Waals surface area contributed by atoms with Gasteiger partial charge in [-0.25, -0.2) is 0 Å². The van der Waals surface area contributed by atoms with Crippen LogP contribution in [0.1, 0.15) is 19.3 Å². The first kappa shape index (κ1) is 20.8. The lowest BCUT2D eigenvalue weighted by atomic mass is 10.1. The van der Waals surface area contributed by atoms with E-state index in [0.717, 1.165) is 43.0 Å². The van der Waals surface area contributed by atoms with Crippen LogP contribution in [0, 0.1) is 0 Å². The molecular formula is C26H27N7. The molecule has 7 nitrogen and oxygen atoms in total. The third-order valence-corrected chi connectivity index (χ3v) is 5.62. The molecule has 0 atom stereocenters. The maximum Gasteiger partial charge on any atom is 0.241 e. The van der Waals surface area contributed by atoms with Crippen molar-refractivity contribution in [3.05, 3.63) is 84.9 Å². The average Bonchev–Trinajstić information content (AvgIpc) is 2.86. The highest BCUT2D eigenvalue weighted by molar-refractivity contribution is 5.73. The molecule has 0 aliphatic carbocycles. The summed E-state index contributed by atoms with van der Waals surface area (Å²) >= 11 is 0. The van der Waals surface area contributed by atoms with Crippen molar-refractivity contribution in [3.63, 3.8) is 0 Å². The number of piperidine rings is 1. The van der Waals surface area contributed by atoms with Gasteiger partial charge < -0.3 is 16.0 Å². The number of nitrogens with zero attached hydrogens (tertiary/aromatic N) is 5. The number of nitrogens with two attached hydrogens (primary N) is 1. The molecule has 1 fully saturated rings. The quantitative estimate of drug-likeness (QED) is 0.377. The Balaban J connectivity index is 1.62. The van der Waals surface area contributed by atoms with Crippen molar-refractivity contribution in [2.75, 3.05) is 33.9 Å². The van der Waals surface area contributed by atoms with E-state index < -0.39 is 0 Å². The molecule has 1 aliphatic heterocycles. The van der Waals surface area contributed by atoms with E-state index in [0.29, 0.717) is 23.5 Å². The van der Waals surface area contributed by atoms with Gasteiger partial charge in [-0.15, -0.1) is 0 Å². The molecule has 2 heterocycles. The van der Waals surface area contributed by atoms with Crippen LogP contribution in [0.15, 0.2) is 84.9 Å². The zero-order valence-electron chi connectivity index (χ0n) is 18.4. The molecule has 3 N–H and O–H groups in total. The predicted molar refractivity (Wildman–Crippen MR) is 135 cm³/mol. The number of hydrogen-bond acceptors (Lipinski definition) is 7. The summed E-state index contributed by atoms with van der Waals surface area (Å²) in [6.07, 6.45) is 3.52. The molecule has 0 spiro atoms. The van der Waals surface area contributed by atoms with Crippen LogP contribution >= 0.6 is 0 Å². The van der Waals surface area contributed by atoms with Gasteiger partial charge >= 0.3 is 0 Å². The Kier molecular flexibility index (Phi) is 6.01. The number of rotatable bonds is 6. The molecular weight excluding hydrogens is 410 g/mol. The summed E-state index contributed by atoms with van der Waals surface area (Å²) in [6.45, 7) is 1.88. The van der Waals surface area contributed by atoms with Crippen molar-refractivity contribution < 1.29 is 0 Å². The van der Waals surface area contributed by atoms with Gasteiger partial charge in [-0.05, 0) is 61.7 Å². The van der Waals surface area contributed by atoms with Crippen molar-refractivity contribution in [1.29, 1.82) is 0 Å². The van der Waals surface area contributed by atoms with Gasteiger partial charge in [0.05, 0.1) is 0 Å². The Morgan fingerprint density at radius 1 is 0.727 bits per heavy atom. The third kappa shape index (κ3) is 4.87. The average molecular weight is 438 g/mol. The number of aromatic nitrogens is 3. The van der Waals surface area contributed by atoms with Crippen molar-refractivity contribution >= 4 is 40.6 Å². The molecule has 166 valence electrons. The van der Waals surface area contributed by atoms with Crippen molar-refractivity contribution in [1.82, 2.24) is 15.0 Å². The smallest absolute Gasteiger partial charge is 0.241 e. The van der Waals surface area contributed by atoms with Crippen LogP contribution in [0.4, 0.5) is 40.6 Å². The van der Waals surface area contributed by atoms with Gasteiger partial charge in [0.15, 0.2) is 0 Å². The number of nitrogens with one attached hydrogen (secondary N) is 1. The molecule has 4 aromatic rings. The van der Waals surface area contributed by atoms with Crippen LogP contribution < -0.4 is 20.9 Å². The maximum absolute atomic E-state index is 5.98. The minimum atomic E-state index is 0.489. The largest absolute Gasteiger partial charge is 0.399 e. The molecule has 1 saturated heterocycles. The summed E-state index contributed by atoms with van der Waals surface area (Å²) in [6, 6.07) is 27.9. The first-order chi connectivity index (χ1) is 16.3. The topological polar surface area (TPSA) is 83.2 Å². The van der Waals surface area contributed by atoms with E-state index >= 15 is 0 Å². The zero-order valence-corrected chi connectivity index (χ0v) is 18.4. The molecule has 33 heavy (non-hydrogen) atoms. The molecule has 0 saturated carbocycles. The summed E-state index contributed by atoms with van der Waals surface area (Å²) in [7, 11) is 0. The molecule has 0 amide bonds. The molecule has 1 aromatic heterocycles. The van der Waals surface area contributed by atoms with Gasteiger partial charge in [0.1, 0.15) is 0 Å². The lowest BCUT2D eigenvalue weighted by Crippen LogP contribution is -2.31. The number of nitrogen functional groups attached to an aromatic ring is 1. The first-order valence-corrected chi connectivity index (χ1v) is 11.3. The summed E-state index contributed by atoms with van der Waals surface area (Å²) in [5.74, 6) is 1.74. The summed E-state index contributed by atoms with van der Waals surface area (Å²) in [5.41, 5.74) is 9.46. The second-order valence-electron chi connectivity index (χ2n) is 8.06. The Morgan fingerprint density at radius 2 is 1.39 bits per heavy atom. The van der Waals surface area contributed by atoms with E-state index in [4.69, 9.17) is 20.7 Å². The highest BCUT2D eigenvalue weighted by Crippen LogP contribution is 2.33. The molecule has 1 aliphatic rings. The minimum Gasteiger partial charge on any atom is -0.399 e. The van der Waals surface area contributed by atoms with Crippen molar-refractivity contribution in [2.45, 2.75) is 19.3 Å². The molecule has 0 bridgehead atoms. The monoisotopic (exact) mass is 437 g/mol. The Hall–Kier alpha value is -4.13. The number of para-hydroxylation sites is 2. The summed E-state index contributed by atoms with van der Waals surface area (Å²) in [4.78, 5) is 18.8. The van der Waals surface area contributed by atoms with Crippen LogP contribution in [0.2, 0.25) is 0 Å². The van der Waals surface area contributed by atoms with E-state index in [1.54, 1.807) is 0 Å². The van der Waals surface area contributed by atoms with Gasteiger partial charge in [0, 0.05) is 35.8 Å². The molecule has 0 radical (unpaired) electrons. The highest BCUT2D eigenvalue weighted by Gasteiger charge is 2.21. The Morgan fingerprint density at radius 3 is 2.03 bits per heavy atom. The van der Waals surface area contributed by atoms with E-state index in [2.05, 4.69) is 39.4 Å². The molecule has 7 heteroatoms. The van der Waals surface area contributed by atoms with Gasteiger partial charge in [-0.3, -0.25) is 4.90 Å². The fraction of sp³-hybridized carbons (Fsp3) is 0.192. The van der Waals surface area contributed by atoms with Crippen LogP contribution in [0.25, 0.3) is 0 Å². The predicted octanol–water partition coefficient (Wildman–Crippen LogP) is 5.66. The number of anilines is 7. The van der Waals surface area contributed by atoms with E-state index in [1.165, 1.54) is 6.42 Å². The number of benzene rings is 3. The standard InChI is InChI=1S/C26H27N7/c27-20-11-10-12-21(19-20)28-24-29-25(32-17-8-3-9-18-32)31-26(30-24)33(22-13-4-1-5-14-22)23-15-6-2-7-16-23/h1-2,4-7,10-16,19H,3,8-9,17-18,27H2,(H,28,29,30,31). The maximum atomic E-state index is 5.98. The first-order valence-electron chi connectivity index (χ1n) is 11.3. The Bertz CT molecular complexity index is 1150. The van der Waals surface area contributed by atoms with Crippen molar-refractivity contribution in [3.8, 4) is 0 Å². The zero-order chi connectivity index (χ0) is 22.5. The van der Waals surface area contributed by atoms with Crippen molar-refractivity contribution in [2.24, 2.45) is 0 Å². The fourth-order valence-corrected chi connectivity index (χ4v) is 4.02. The van der Waals surface area contributed by atoms with E-state index in [9.17, 15) is 0 Å². The van der Waals surface area contributed by atoms with Gasteiger partial charge in [0.25, 0.3) is 0 Å². The second kappa shape index (κ2) is 9.56. The van der Waals surface area contributed by atoms with Crippen LogP contribution in [-0.4, -0.2) is 28.0 Å². The van der Waals surface area contributed by atoms with E-state index in [1.807, 2.05) is 60.7 Å². The second-order valence-corrected chi connectivity index (χ2v) is 8.06. The van der Waals surface area contributed by atoms with E-state index in [-0.39, 0.29) is 0 Å². The normalized spacial score (nSPS) is 13.5. The van der Waals surface area contributed by atoms with Crippen LogP contribution in [-0.2, 0) is 0 Å². The fourth-order valence-electron chi connectivity index (χ4n) is 4.02. The Labute approximate surface area is 193 Å². The van der Waals surface area contributed by atoms with Gasteiger partial charge in [-0.1, -0.05) is 42.5 Å². The summed E-state index contributed by atoms with van der Waals surface area (Å²) in [5, 5.41) is 3.33. The van der Waals surface area contributed by atoms with Gasteiger partial charge in [-0.2, -0.15) is 15.0 Å². The number of hydrogen-bond donors (Lipinski definition) is 2.